The van der Waals surface area contributed by atoms with Crippen molar-refractivity contribution in [3.63, 3.8) is 0 Å². The molecular formula is C21H23N3O2. The van der Waals surface area contributed by atoms with Crippen LogP contribution < -0.4 is 5.32 Å². The van der Waals surface area contributed by atoms with Crippen LogP contribution in [0.5, 0.6) is 0 Å². The second kappa shape index (κ2) is 7.52. The summed E-state index contributed by atoms with van der Waals surface area (Å²) in [6, 6.07) is 12.0. The van der Waals surface area contributed by atoms with Crippen molar-refractivity contribution >= 4 is 28.4 Å². The molecule has 3 aromatic rings. The number of ether oxygens (including phenoxy) is 1. The second-order valence-electron chi connectivity index (χ2n) is 6.50. The quantitative estimate of drug-likeness (QED) is 0.670. The average molecular weight is 349 g/mol. The molecule has 5 nitrogen and oxygen atoms in total. The maximum atomic E-state index is 12.6. The van der Waals surface area contributed by atoms with Crippen LogP contribution >= 0.6 is 0 Å². The van der Waals surface area contributed by atoms with Crippen LogP contribution in [0.2, 0.25) is 0 Å². The van der Waals surface area contributed by atoms with Crippen molar-refractivity contribution in [2.24, 2.45) is 0 Å². The molecule has 26 heavy (non-hydrogen) atoms. The normalized spacial score (nSPS) is 11.0. The average Bonchev–Trinajstić information content (AvgIpc) is 2.61. The zero-order valence-electron chi connectivity index (χ0n) is 15.5. The number of pyridine rings is 2. The number of anilines is 2. The lowest BCUT2D eigenvalue weighted by Gasteiger charge is -2.16. The van der Waals surface area contributed by atoms with E-state index in [9.17, 15) is 4.79 Å². The number of aromatic nitrogens is 2. The minimum atomic E-state index is -0.399. The third-order valence-corrected chi connectivity index (χ3v) is 4.04. The molecule has 2 aromatic heterocycles. The van der Waals surface area contributed by atoms with Crippen LogP contribution in [0.3, 0.4) is 0 Å². The number of carbonyl (C=O) groups is 1. The summed E-state index contributed by atoms with van der Waals surface area (Å²) in [4.78, 5) is 21.4. The maximum Gasteiger partial charge on any atom is 0.342 e. The Morgan fingerprint density at radius 3 is 2.77 bits per heavy atom. The molecule has 0 spiro atoms. The van der Waals surface area contributed by atoms with Gasteiger partial charge < -0.3 is 10.1 Å². The van der Waals surface area contributed by atoms with Gasteiger partial charge in [-0.05, 0) is 57.0 Å². The number of rotatable bonds is 5. The Labute approximate surface area is 153 Å². The topological polar surface area (TPSA) is 64.1 Å². The van der Waals surface area contributed by atoms with E-state index in [-0.39, 0.29) is 6.10 Å². The smallest absolute Gasteiger partial charge is 0.342 e. The lowest BCUT2D eigenvalue weighted by molar-refractivity contribution is 0.0379. The summed E-state index contributed by atoms with van der Waals surface area (Å²) in [5, 5.41) is 4.17. The number of fused-ring (bicyclic) bond motifs is 1. The monoisotopic (exact) mass is 349 g/mol. The molecule has 0 aliphatic heterocycles. The zero-order valence-corrected chi connectivity index (χ0v) is 15.5. The van der Waals surface area contributed by atoms with E-state index < -0.39 is 5.97 Å². The molecule has 0 amide bonds. The fourth-order valence-electron chi connectivity index (χ4n) is 2.75. The van der Waals surface area contributed by atoms with Crippen molar-refractivity contribution in [2.75, 3.05) is 5.32 Å². The number of esters is 1. The van der Waals surface area contributed by atoms with E-state index in [0.717, 1.165) is 23.2 Å². The van der Waals surface area contributed by atoms with Crippen molar-refractivity contribution in [3.8, 4) is 0 Å². The molecule has 0 saturated carbocycles. The Kier molecular flexibility index (Phi) is 5.16. The largest absolute Gasteiger partial charge is 0.459 e. The van der Waals surface area contributed by atoms with Gasteiger partial charge in [-0.3, -0.25) is 0 Å². The van der Waals surface area contributed by atoms with Gasteiger partial charge >= 0.3 is 5.97 Å². The first-order valence-electron chi connectivity index (χ1n) is 8.81. The molecule has 5 heteroatoms. The standard InChI is InChI=1S/C21H23N3O2/c1-5-15-7-6-8-16(11-15)24-19-17-10-9-14(4)23-20(17)22-12-18(19)21(25)26-13(2)3/h6-13H,5H2,1-4H3,(H,22,23,24). The van der Waals surface area contributed by atoms with E-state index in [1.54, 1.807) is 0 Å². The highest BCUT2D eigenvalue weighted by atomic mass is 16.5. The number of nitrogens with one attached hydrogen (secondary N) is 1. The Balaban J connectivity index is 2.13. The first kappa shape index (κ1) is 17.9. The van der Waals surface area contributed by atoms with Crippen molar-refractivity contribution in [2.45, 2.75) is 40.2 Å². The van der Waals surface area contributed by atoms with Crippen LogP contribution in [0.1, 0.15) is 42.4 Å². The van der Waals surface area contributed by atoms with Crippen LogP contribution in [0.15, 0.2) is 42.6 Å². The summed E-state index contributed by atoms with van der Waals surface area (Å²) >= 11 is 0. The van der Waals surface area contributed by atoms with Gasteiger partial charge in [-0.1, -0.05) is 19.1 Å². The highest BCUT2D eigenvalue weighted by Gasteiger charge is 2.19. The highest BCUT2D eigenvalue weighted by Crippen LogP contribution is 2.29. The number of carbonyl (C=O) groups excluding carboxylic acids is 1. The van der Waals surface area contributed by atoms with E-state index in [4.69, 9.17) is 4.74 Å². The Morgan fingerprint density at radius 1 is 1.23 bits per heavy atom. The van der Waals surface area contributed by atoms with Gasteiger partial charge in [0.2, 0.25) is 0 Å². The molecule has 0 atom stereocenters. The van der Waals surface area contributed by atoms with Gasteiger partial charge in [0.15, 0.2) is 5.65 Å². The minimum Gasteiger partial charge on any atom is -0.459 e. The Morgan fingerprint density at radius 2 is 2.04 bits per heavy atom. The SMILES string of the molecule is CCc1cccc(Nc2c(C(=O)OC(C)C)cnc3nc(C)ccc23)c1. The van der Waals surface area contributed by atoms with E-state index in [1.165, 1.54) is 11.8 Å². The van der Waals surface area contributed by atoms with Gasteiger partial charge in [-0.2, -0.15) is 0 Å². The summed E-state index contributed by atoms with van der Waals surface area (Å²) in [5.41, 5.74) is 4.67. The minimum absolute atomic E-state index is 0.203. The lowest BCUT2D eigenvalue weighted by atomic mass is 10.1. The molecule has 0 fully saturated rings. The Bertz CT molecular complexity index is 951. The van der Waals surface area contributed by atoms with E-state index in [2.05, 4.69) is 34.3 Å². The van der Waals surface area contributed by atoms with Gasteiger partial charge in [0.05, 0.1) is 11.8 Å². The molecule has 0 bridgehead atoms. The molecule has 2 heterocycles. The predicted molar refractivity (Wildman–Crippen MR) is 104 cm³/mol. The molecule has 134 valence electrons. The van der Waals surface area contributed by atoms with Gasteiger partial charge in [0.1, 0.15) is 5.56 Å². The predicted octanol–water partition coefficient (Wildman–Crippen LogP) is 4.81. The third-order valence-electron chi connectivity index (χ3n) is 4.04. The summed E-state index contributed by atoms with van der Waals surface area (Å²) in [5.74, 6) is -0.399. The number of benzene rings is 1. The summed E-state index contributed by atoms with van der Waals surface area (Å²) in [7, 11) is 0. The van der Waals surface area contributed by atoms with E-state index >= 15 is 0 Å². The zero-order chi connectivity index (χ0) is 18.7. The molecule has 0 aliphatic rings. The molecular weight excluding hydrogens is 326 g/mol. The van der Waals surface area contributed by atoms with Crippen LogP contribution in [0, 0.1) is 6.92 Å². The fraction of sp³-hybridized carbons (Fsp3) is 0.286. The summed E-state index contributed by atoms with van der Waals surface area (Å²) < 4.78 is 5.39. The van der Waals surface area contributed by atoms with Crippen molar-refractivity contribution in [1.82, 2.24) is 9.97 Å². The summed E-state index contributed by atoms with van der Waals surface area (Å²) in [6.45, 7) is 7.68. The van der Waals surface area contributed by atoms with Gasteiger partial charge in [-0.25, -0.2) is 14.8 Å². The molecule has 1 aromatic carbocycles. The number of aryl methyl sites for hydroxylation is 2. The number of hydrogen-bond acceptors (Lipinski definition) is 5. The first-order valence-corrected chi connectivity index (χ1v) is 8.81. The number of hydrogen-bond donors (Lipinski definition) is 1. The van der Waals surface area contributed by atoms with E-state index in [1.807, 2.05) is 45.0 Å². The molecule has 0 radical (unpaired) electrons. The fourth-order valence-corrected chi connectivity index (χ4v) is 2.75. The first-order chi connectivity index (χ1) is 12.5. The van der Waals surface area contributed by atoms with Gasteiger partial charge in [0, 0.05) is 23.0 Å². The van der Waals surface area contributed by atoms with Crippen molar-refractivity contribution < 1.29 is 9.53 Å². The van der Waals surface area contributed by atoms with Crippen molar-refractivity contribution in [3.05, 3.63) is 59.4 Å². The molecule has 0 unspecified atom stereocenters. The van der Waals surface area contributed by atoms with Gasteiger partial charge in [0.25, 0.3) is 0 Å². The van der Waals surface area contributed by atoms with Crippen LogP contribution in [-0.4, -0.2) is 22.0 Å². The van der Waals surface area contributed by atoms with E-state index in [0.29, 0.717) is 16.9 Å². The van der Waals surface area contributed by atoms with Crippen LogP contribution in [0.4, 0.5) is 11.4 Å². The highest BCUT2D eigenvalue weighted by molar-refractivity contribution is 6.05. The molecule has 0 aliphatic carbocycles. The lowest BCUT2D eigenvalue weighted by Crippen LogP contribution is -2.14. The van der Waals surface area contributed by atoms with Crippen LogP contribution in [-0.2, 0) is 11.2 Å². The molecule has 3 rings (SSSR count). The van der Waals surface area contributed by atoms with Gasteiger partial charge in [-0.15, -0.1) is 0 Å². The maximum absolute atomic E-state index is 12.6. The molecule has 0 saturated heterocycles. The second-order valence-corrected chi connectivity index (χ2v) is 6.50. The molecule has 1 N–H and O–H groups in total. The third kappa shape index (κ3) is 3.82. The van der Waals surface area contributed by atoms with Crippen LogP contribution in [0.25, 0.3) is 11.0 Å². The summed E-state index contributed by atoms with van der Waals surface area (Å²) in [6.07, 6.45) is 2.27. The number of nitrogens with zero attached hydrogens (tertiary/aromatic N) is 2. The van der Waals surface area contributed by atoms with Crippen molar-refractivity contribution in [1.29, 1.82) is 0 Å². The Hall–Kier alpha value is -2.95.